The summed E-state index contributed by atoms with van der Waals surface area (Å²) in [6.07, 6.45) is 2.65. The third-order valence-electron chi connectivity index (χ3n) is 3.13. The Balaban J connectivity index is 2.19. The number of hydrogen-bond acceptors (Lipinski definition) is 5. The number of aromatic hydroxyl groups is 1. The van der Waals surface area contributed by atoms with Crippen LogP contribution in [0.25, 0.3) is 0 Å². The number of pyridine rings is 1. The van der Waals surface area contributed by atoms with Gasteiger partial charge in [0.1, 0.15) is 11.8 Å². The molecule has 2 rings (SSSR count). The number of nitrogens with one attached hydrogen (secondary N) is 2. The summed E-state index contributed by atoms with van der Waals surface area (Å²) in [5.41, 5.74) is 0.279. The standard InChI is InChI=1S/C13H18N4O3/c1-2-16-12(19)11-8-14-3-4-17(11)13(20)9-5-10(18)7-15-6-9/h5-7,11,14,18H,2-4,8H2,1H3,(H,16,19). The van der Waals surface area contributed by atoms with E-state index in [0.29, 0.717) is 26.2 Å². The maximum atomic E-state index is 12.4. The Morgan fingerprint density at radius 3 is 3.05 bits per heavy atom. The third kappa shape index (κ3) is 3.05. The molecule has 0 aliphatic carbocycles. The number of likely N-dealkylation sites (N-methyl/N-ethyl adjacent to an activating group) is 1. The number of hydrogen-bond donors (Lipinski definition) is 3. The van der Waals surface area contributed by atoms with Crippen LogP contribution in [-0.4, -0.2) is 59.0 Å². The van der Waals surface area contributed by atoms with Gasteiger partial charge in [-0.3, -0.25) is 14.6 Å². The van der Waals surface area contributed by atoms with Gasteiger partial charge in [0.2, 0.25) is 5.91 Å². The zero-order valence-corrected chi connectivity index (χ0v) is 11.3. The molecular formula is C13H18N4O3. The van der Waals surface area contributed by atoms with Crippen molar-refractivity contribution in [2.45, 2.75) is 13.0 Å². The predicted octanol–water partition coefficient (Wildman–Crippen LogP) is -0.663. The lowest BCUT2D eigenvalue weighted by molar-refractivity contribution is -0.126. The number of carbonyl (C=O) groups is 2. The fourth-order valence-corrected chi connectivity index (χ4v) is 2.18. The van der Waals surface area contributed by atoms with Crippen LogP contribution in [0.5, 0.6) is 5.75 Å². The molecule has 7 nitrogen and oxygen atoms in total. The van der Waals surface area contributed by atoms with Crippen LogP contribution in [0, 0.1) is 0 Å². The summed E-state index contributed by atoms with van der Waals surface area (Å²) in [5.74, 6) is -0.548. The zero-order chi connectivity index (χ0) is 14.5. The first-order chi connectivity index (χ1) is 9.63. The molecule has 1 aromatic rings. The summed E-state index contributed by atoms with van der Waals surface area (Å²) in [5, 5.41) is 15.2. The van der Waals surface area contributed by atoms with Crippen molar-refractivity contribution in [3.05, 3.63) is 24.0 Å². The maximum absolute atomic E-state index is 12.4. The number of piperazine rings is 1. The van der Waals surface area contributed by atoms with E-state index < -0.39 is 6.04 Å². The zero-order valence-electron chi connectivity index (χ0n) is 11.3. The molecule has 0 spiro atoms. The lowest BCUT2D eigenvalue weighted by Crippen LogP contribution is -2.59. The van der Waals surface area contributed by atoms with Crippen molar-refractivity contribution in [2.24, 2.45) is 0 Å². The highest BCUT2D eigenvalue weighted by atomic mass is 16.3. The highest BCUT2D eigenvalue weighted by molar-refractivity contribution is 5.97. The number of carbonyl (C=O) groups excluding carboxylic acids is 2. The second-order valence-corrected chi connectivity index (χ2v) is 4.54. The predicted molar refractivity (Wildman–Crippen MR) is 72.3 cm³/mol. The molecule has 1 fully saturated rings. The minimum absolute atomic E-state index is 0.0689. The molecule has 0 bridgehead atoms. The average Bonchev–Trinajstić information content (AvgIpc) is 2.47. The van der Waals surface area contributed by atoms with E-state index in [-0.39, 0.29) is 23.1 Å². The van der Waals surface area contributed by atoms with Crippen molar-refractivity contribution in [1.29, 1.82) is 0 Å². The van der Waals surface area contributed by atoms with E-state index in [1.165, 1.54) is 23.4 Å². The van der Waals surface area contributed by atoms with Gasteiger partial charge in [0, 0.05) is 32.4 Å². The van der Waals surface area contributed by atoms with Crippen molar-refractivity contribution in [3.8, 4) is 5.75 Å². The SMILES string of the molecule is CCNC(=O)C1CNCCN1C(=O)c1cncc(O)c1. The summed E-state index contributed by atoms with van der Waals surface area (Å²) in [4.78, 5) is 29.7. The second-order valence-electron chi connectivity index (χ2n) is 4.54. The normalized spacial score (nSPS) is 18.6. The Hall–Kier alpha value is -2.15. The highest BCUT2D eigenvalue weighted by Gasteiger charge is 2.32. The Labute approximate surface area is 117 Å². The Morgan fingerprint density at radius 1 is 1.55 bits per heavy atom. The van der Waals surface area contributed by atoms with Gasteiger partial charge in [-0.25, -0.2) is 0 Å². The van der Waals surface area contributed by atoms with Crippen LogP contribution in [-0.2, 0) is 4.79 Å². The molecule has 2 amide bonds. The van der Waals surface area contributed by atoms with Crippen LogP contribution >= 0.6 is 0 Å². The van der Waals surface area contributed by atoms with Crippen LogP contribution < -0.4 is 10.6 Å². The molecule has 1 aromatic heterocycles. The molecule has 0 saturated carbocycles. The monoisotopic (exact) mass is 278 g/mol. The molecule has 108 valence electrons. The average molecular weight is 278 g/mol. The van der Waals surface area contributed by atoms with Gasteiger partial charge >= 0.3 is 0 Å². The first-order valence-electron chi connectivity index (χ1n) is 6.57. The van der Waals surface area contributed by atoms with Gasteiger partial charge in [-0.05, 0) is 13.0 Å². The smallest absolute Gasteiger partial charge is 0.256 e. The molecular weight excluding hydrogens is 260 g/mol. The topological polar surface area (TPSA) is 94.6 Å². The minimum atomic E-state index is -0.543. The van der Waals surface area contributed by atoms with Gasteiger partial charge in [0.15, 0.2) is 0 Å². The minimum Gasteiger partial charge on any atom is -0.506 e. The van der Waals surface area contributed by atoms with E-state index in [4.69, 9.17) is 0 Å². The van der Waals surface area contributed by atoms with Crippen LogP contribution in [0.2, 0.25) is 0 Å². The summed E-state index contributed by atoms with van der Waals surface area (Å²) in [7, 11) is 0. The van der Waals surface area contributed by atoms with Crippen molar-refractivity contribution in [1.82, 2.24) is 20.5 Å². The van der Waals surface area contributed by atoms with Gasteiger partial charge in [-0.1, -0.05) is 0 Å². The molecule has 20 heavy (non-hydrogen) atoms. The van der Waals surface area contributed by atoms with E-state index in [0.717, 1.165) is 0 Å². The van der Waals surface area contributed by atoms with Crippen LogP contribution in [0.3, 0.4) is 0 Å². The molecule has 3 N–H and O–H groups in total. The van der Waals surface area contributed by atoms with Crippen molar-refractivity contribution >= 4 is 11.8 Å². The summed E-state index contributed by atoms with van der Waals surface area (Å²) in [6.45, 7) is 3.85. The van der Waals surface area contributed by atoms with Gasteiger partial charge in [0.25, 0.3) is 5.91 Å². The first-order valence-corrected chi connectivity index (χ1v) is 6.57. The molecule has 2 heterocycles. The lowest BCUT2D eigenvalue weighted by Gasteiger charge is -2.35. The second kappa shape index (κ2) is 6.33. The molecule has 0 aromatic carbocycles. The molecule has 7 heteroatoms. The lowest BCUT2D eigenvalue weighted by atomic mass is 10.1. The summed E-state index contributed by atoms with van der Waals surface area (Å²) in [6, 6.07) is 0.810. The van der Waals surface area contributed by atoms with Crippen LogP contribution in [0.4, 0.5) is 0 Å². The maximum Gasteiger partial charge on any atom is 0.256 e. The quantitative estimate of drug-likeness (QED) is 0.682. The Kier molecular flexibility index (Phi) is 4.52. The van der Waals surface area contributed by atoms with E-state index in [1.54, 1.807) is 0 Å². The van der Waals surface area contributed by atoms with E-state index in [9.17, 15) is 14.7 Å². The largest absolute Gasteiger partial charge is 0.506 e. The number of nitrogens with zero attached hydrogens (tertiary/aromatic N) is 2. The number of amides is 2. The number of rotatable bonds is 3. The molecule has 1 saturated heterocycles. The van der Waals surface area contributed by atoms with Gasteiger partial charge in [-0.2, -0.15) is 0 Å². The highest BCUT2D eigenvalue weighted by Crippen LogP contribution is 2.14. The number of aromatic nitrogens is 1. The van der Waals surface area contributed by atoms with Crippen LogP contribution in [0.15, 0.2) is 18.5 Å². The fourth-order valence-electron chi connectivity index (χ4n) is 2.18. The van der Waals surface area contributed by atoms with Crippen molar-refractivity contribution in [3.63, 3.8) is 0 Å². The van der Waals surface area contributed by atoms with Crippen LogP contribution in [0.1, 0.15) is 17.3 Å². The van der Waals surface area contributed by atoms with E-state index in [2.05, 4.69) is 15.6 Å². The van der Waals surface area contributed by atoms with Gasteiger partial charge < -0.3 is 20.6 Å². The van der Waals surface area contributed by atoms with E-state index >= 15 is 0 Å². The van der Waals surface area contributed by atoms with Crippen molar-refractivity contribution < 1.29 is 14.7 Å². The van der Waals surface area contributed by atoms with Gasteiger partial charge in [-0.15, -0.1) is 0 Å². The Bertz CT molecular complexity index is 506. The van der Waals surface area contributed by atoms with Crippen molar-refractivity contribution in [2.75, 3.05) is 26.2 Å². The summed E-state index contributed by atoms with van der Waals surface area (Å²) < 4.78 is 0. The molecule has 1 atom stereocenters. The molecule has 1 aliphatic heterocycles. The molecule has 1 aliphatic rings. The van der Waals surface area contributed by atoms with Gasteiger partial charge in [0.05, 0.1) is 11.8 Å². The summed E-state index contributed by atoms with van der Waals surface area (Å²) >= 11 is 0. The Morgan fingerprint density at radius 2 is 2.35 bits per heavy atom. The van der Waals surface area contributed by atoms with E-state index in [1.807, 2.05) is 6.92 Å². The first kappa shape index (κ1) is 14.3. The third-order valence-corrected chi connectivity index (χ3v) is 3.13. The molecule has 0 radical (unpaired) electrons. The molecule has 1 unspecified atom stereocenters. The fraction of sp³-hybridized carbons (Fsp3) is 0.462.